The normalized spacial score (nSPS) is 11.7. The number of hydrogen-bond donors (Lipinski definition) is 1. The van der Waals surface area contributed by atoms with E-state index in [2.05, 4.69) is 0 Å². The van der Waals surface area contributed by atoms with E-state index in [1.165, 1.54) is 0 Å². The van der Waals surface area contributed by atoms with Crippen LogP contribution in [0.25, 0.3) is 0 Å². The van der Waals surface area contributed by atoms with Gasteiger partial charge in [-0.25, -0.2) is 0 Å². The number of nitrogens with zero attached hydrogens (tertiary/aromatic N) is 1. The van der Waals surface area contributed by atoms with Crippen molar-refractivity contribution in [3.8, 4) is 0 Å². The first-order chi connectivity index (χ1) is 6.90. The molecule has 4 heteroatoms. The summed E-state index contributed by atoms with van der Waals surface area (Å²) in [6.07, 6.45) is 1.96. The molecule has 0 aromatic carbocycles. The van der Waals surface area contributed by atoms with Crippen molar-refractivity contribution >= 4 is 17.2 Å². The van der Waals surface area contributed by atoms with E-state index in [-0.39, 0.29) is 5.60 Å². The standard InChI is InChI=1S/C11H18N2OS/c1-11(2,3)14-8-7-13-6-4-5-9(13)10(12)15/h4-6H,7-8H2,1-3H3,(H2,12,15). The molecule has 0 radical (unpaired) electrons. The highest BCUT2D eigenvalue weighted by Crippen LogP contribution is 2.08. The summed E-state index contributed by atoms with van der Waals surface area (Å²) in [7, 11) is 0. The summed E-state index contributed by atoms with van der Waals surface area (Å²) in [5, 5.41) is 0. The summed E-state index contributed by atoms with van der Waals surface area (Å²) in [6.45, 7) is 7.55. The molecule has 1 heterocycles. The number of ether oxygens (including phenoxy) is 1. The topological polar surface area (TPSA) is 40.2 Å². The first-order valence-electron chi connectivity index (χ1n) is 4.99. The number of hydrogen-bond acceptors (Lipinski definition) is 2. The summed E-state index contributed by atoms with van der Waals surface area (Å²) in [5.74, 6) is 0. The smallest absolute Gasteiger partial charge is 0.120 e. The van der Waals surface area contributed by atoms with Crippen LogP contribution in [0.15, 0.2) is 18.3 Å². The minimum Gasteiger partial charge on any atom is -0.388 e. The maximum Gasteiger partial charge on any atom is 0.120 e. The Morgan fingerprint density at radius 3 is 2.73 bits per heavy atom. The fourth-order valence-corrected chi connectivity index (χ4v) is 1.47. The van der Waals surface area contributed by atoms with Crippen molar-refractivity contribution in [1.29, 1.82) is 0 Å². The van der Waals surface area contributed by atoms with E-state index >= 15 is 0 Å². The molecular weight excluding hydrogens is 208 g/mol. The van der Waals surface area contributed by atoms with Crippen LogP contribution in [0.2, 0.25) is 0 Å². The Hall–Kier alpha value is -0.870. The zero-order valence-corrected chi connectivity index (χ0v) is 10.3. The summed E-state index contributed by atoms with van der Waals surface area (Å²) in [4.78, 5) is 0.427. The molecule has 0 aliphatic rings. The molecule has 1 rings (SSSR count). The van der Waals surface area contributed by atoms with Gasteiger partial charge in [0.15, 0.2) is 0 Å². The minimum atomic E-state index is -0.101. The molecule has 0 bridgehead atoms. The second kappa shape index (κ2) is 4.77. The van der Waals surface area contributed by atoms with Gasteiger partial charge in [-0.15, -0.1) is 0 Å². The molecule has 2 N–H and O–H groups in total. The SMILES string of the molecule is CC(C)(C)OCCn1cccc1C(N)=S. The maximum atomic E-state index is 5.63. The maximum absolute atomic E-state index is 5.63. The number of aromatic nitrogens is 1. The zero-order valence-electron chi connectivity index (χ0n) is 9.49. The number of nitrogens with two attached hydrogens (primary N) is 1. The molecule has 3 nitrogen and oxygen atoms in total. The van der Waals surface area contributed by atoms with Crippen molar-refractivity contribution in [2.75, 3.05) is 6.61 Å². The van der Waals surface area contributed by atoms with Crippen LogP contribution in [-0.2, 0) is 11.3 Å². The summed E-state index contributed by atoms with van der Waals surface area (Å²) in [6, 6.07) is 3.85. The Labute approximate surface area is 96.2 Å². The highest BCUT2D eigenvalue weighted by atomic mass is 32.1. The largest absolute Gasteiger partial charge is 0.388 e. The molecule has 1 aromatic rings. The fourth-order valence-electron chi connectivity index (χ4n) is 1.28. The molecule has 0 unspecified atom stereocenters. The van der Waals surface area contributed by atoms with Crippen molar-refractivity contribution < 1.29 is 4.74 Å². The van der Waals surface area contributed by atoms with Crippen molar-refractivity contribution in [2.45, 2.75) is 32.9 Å². The lowest BCUT2D eigenvalue weighted by atomic mass is 10.2. The molecule has 0 fully saturated rings. The molecule has 0 atom stereocenters. The van der Waals surface area contributed by atoms with Gasteiger partial charge in [0.1, 0.15) is 4.99 Å². The van der Waals surface area contributed by atoms with Gasteiger partial charge in [-0.05, 0) is 32.9 Å². The van der Waals surface area contributed by atoms with Gasteiger partial charge in [0.25, 0.3) is 0 Å². The Morgan fingerprint density at radius 1 is 1.53 bits per heavy atom. The summed E-state index contributed by atoms with van der Waals surface area (Å²) >= 11 is 4.94. The number of rotatable bonds is 4. The average molecular weight is 226 g/mol. The van der Waals surface area contributed by atoms with E-state index in [1.54, 1.807) is 0 Å². The van der Waals surface area contributed by atoms with E-state index in [9.17, 15) is 0 Å². The highest BCUT2D eigenvalue weighted by Gasteiger charge is 2.10. The molecule has 15 heavy (non-hydrogen) atoms. The van der Waals surface area contributed by atoms with Crippen LogP contribution in [-0.4, -0.2) is 21.8 Å². The highest BCUT2D eigenvalue weighted by molar-refractivity contribution is 7.80. The molecule has 0 saturated heterocycles. The lowest BCUT2D eigenvalue weighted by Crippen LogP contribution is -2.23. The Balaban J connectivity index is 2.51. The Kier molecular flexibility index (Phi) is 3.88. The molecule has 0 amide bonds. The first kappa shape index (κ1) is 12.2. The lowest BCUT2D eigenvalue weighted by molar-refractivity contribution is -0.00682. The van der Waals surface area contributed by atoms with E-state index < -0.39 is 0 Å². The lowest BCUT2D eigenvalue weighted by Gasteiger charge is -2.20. The molecular formula is C11H18N2OS. The predicted molar refractivity (Wildman–Crippen MR) is 66.0 cm³/mol. The third kappa shape index (κ3) is 4.01. The van der Waals surface area contributed by atoms with Gasteiger partial charge in [-0.2, -0.15) is 0 Å². The van der Waals surface area contributed by atoms with Crippen LogP contribution in [0.1, 0.15) is 26.5 Å². The van der Waals surface area contributed by atoms with E-state index in [0.717, 1.165) is 12.2 Å². The van der Waals surface area contributed by atoms with Gasteiger partial charge in [0.2, 0.25) is 0 Å². The van der Waals surface area contributed by atoms with Crippen LogP contribution in [0.5, 0.6) is 0 Å². The number of thiocarbonyl (C=S) groups is 1. The van der Waals surface area contributed by atoms with Gasteiger partial charge in [-0.1, -0.05) is 12.2 Å². The van der Waals surface area contributed by atoms with Gasteiger partial charge >= 0.3 is 0 Å². The predicted octanol–water partition coefficient (Wildman–Crippen LogP) is 1.94. The van der Waals surface area contributed by atoms with Crippen LogP contribution in [0, 0.1) is 0 Å². The van der Waals surface area contributed by atoms with Crippen molar-refractivity contribution in [3.05, 3.63) is 24.0 Å². The van der Waals surface area contributed by atoms with E-state index in [4.69, 9.17) is 22.7 Å². The molecule has 0 saturated carbocycles. The van der Waals surface area contributed by atoms with Crippen molar-refractivity contribution in [1.82, 2.24) is 4.57 Å². The van der Waals surface area contributed by atoms with Gasteiger partial charge < -0.3 is 15.0 Å². The van der Waals surface area contributed by atoms with Crippen LogP contribution < -0.4 is 5.73 Å². The third-order valence-corrected chi connectivity index (χ3v) is 2.16. The molecule has 0 aliphatic carbocycles. The minimum absolute atomic E-state index is 0.101. The second-order valence-electron chi connectivity index (χ2n) is 4.41. The average Bonchev–Trinajstić information content (AvgIpc) is 2.49. The summed E-state index contributed by atoms with van der Waals surface area (Å²) in [5.41, 5.74) is 6.38. The van der Waals surface area contributed by atoms with Gasteiger partial charge in [0, 0.05) is 12.7 Å². The van der Waals surface area contributed by atoms with Gasteiger partial charge in [0.05, 0.1) is 17.9 Å². The molecule has 1 aromatic heterocycles. The van der Waals surface area contributed by atoms with Gasteiger partial charge in [-0.3, -0.25) is 0 Å². The van der Waals surface area contributed by atoms with Crippen LogP contribution in [0.4, 0.5) is 0 Å². The van der Waals surface area contributed by atoms with E-state index in [1.807, 2.05) is 43.7 Å². The fraction of sp³-hybridized carbons (Fsp3) is 0.545. The third-order valence-electron chi connectivity index (χ3n) is 1.95. The zero-order chi connectivity index (χ0) is 11.5. The first-order valence-corrected chi connectivity index (χ1v) is 5.40. The van der Waals surface area contributed by atoms with Crippen LogP contribution >= 0.6 is 12.2 Å². The van der Waals surface area contributed by atoms with Crippen LogP contribution in [0.3, 0.4) is 0 Å². The summed E-state index contributed by atoms with van der Waals surface area (Å²) < 4.78 is 7.64. The van der Waals surface area contributed by atoms with E-state index in [0.29, 0.717) is 11.6 Å². The molecule has 0 spiro atoms. The second-order valence-corrected chi connectivity index (χ2v) is 4.85. The molecule has 0 aliphatic heterocycles. The Morgan fingerprint density at radius 2 is 2.20 bits per heavy atom. The Bertz CT molecular complexity index is 339. The quantitative estimate of drug-likeness (QED) is 0.798. The molecule has 84 valence electrons. The van der Waals surface area contributed by atoms with Crippen molar-refractivity contribution in [2.24, 2.45) is 5.73 Å². The van der Waals surface area contributed by atoms with Crippen molar-refractivity contribution in [3.63, 3.8) is 0 Å². The monoisotopic (exact) mass is 226 g/mol.